The molecular weight excluding hydrogens is 905 g/mol. The maximum atomic E-state index is 16.1. The number of hydrogen-bond acceptors (Lipinski definition) is 8. The summed E-state index contributed by atoms with van der Waals surface area (Å²) in [6, 6.07) is 48.2. The Morgan fingerprint density at radius 1 is 0.746 bits per heavy atom. The number of amides is 3. The first-order valence-electron chi connectivity index (χ1n) is 24.8. The van der Waals surface area contributed by atoms with E-state index in [2.05, 4.69) is 54.6 Å². The van der Waals surface area contributed by atoms with Gasteiger partial charge in [0.2, 0.25) is 11.8 Å². The minimum Gasteiger partial charge on any atom is -0.497 e. The van der Waals surface area contributed by atoms with E-state index >= 15 is 4.79 Å². The number of carbonyl (C=O) groups is 3. The van der Waals surface area contributed by atoms with Crippen molar-refractivity contribution in [2.75, 3.05) is 28.4 Å². The molecule has 4 aliphatic rings. The van der Waals surface area contributed by atoms with Crippen LogP contribution in [0.5, 0.6) is 5.75 Å². The van der Waals surface area contributed by atoms with E-state index in [4.69, 9.17) is 9.47 Å². The van der Waals surface area contributed by atoms with Gasteiger partial charge in [-0.05, 0) is 102 Å². The first-order valence-corrected chi connectivity index (χ1v) is 27.8. The molecule has 4 aliphatic heterocycles. The van der Waals surface area contributed by atoms with Gasteiger partial charge in [-0.3, -0.25) is 28.9 Å². The highest BCUT2D eigenvalue weighted by molar-refractivity contribution is 6.91. The Labute approximate surface area is 415 Å². The van der Waals surface area contributed by atoms with Crippen LogP contribution in [0.4, 0.5) is 28.4 Å². The number of ether oxygens (including phenoxy) is 2. The Hall–Kier alpha value is -7.19. The summed E-state index contributed by atoms with van der Waals surface area (Å²) in [5.74, 6) is 0.00486. The molecule has 1 fully saturated rings. The lowest BCUT2D eigenvalue weighted by molar-refractivity contribution is -0.146. The number of hydrogen-bond donors (Lipinski definition) is 1. The van der Waals surface area contributed by atoms with Crippen LogP contribution in [-0.4, -0.2) is 65.7 Å². The lowest BCUT2D eigenvalue weighted by atomic mass is 9.82. The zero-order chi connectivity index (χ0) is 49.0. The van der Waals surface area contributed by atoms with Gasteiger partial charge in [-0.25, -0.2) is 0 Å². The summed E-state index contributed by atoms with van der Waals surface area (Å²) in [5, 5.41) is 20.8. The van der Waals surface area contributed by atoms with Crippen LogP contribution >= 0.6 is 0 Å². The fourth-order valence-electron chi connectivity index (χ4n) is 12.2. The van der Waals surface area contributed by atoms with E-state index in [0.717, 1.165) is 56.3 Å². The van der Waals surface area contributed by atoms with Crippen molar-refractivity contribution in [3.05, 3.63) is 185 Å². The fraction of sp³-hybridized carbons (Fsp3) is 0.293. The zero-order valence-electron chi connectivity index (χ0n) is 40.6. The van der Waals surface area contributed by atoms with Crippen LogP contribution in [0.2, 0.25) is 18.6 Å². The average Bonchev–Trinajstić information content (AvgIpc) is 4.06. The number of benzene rings is 6. The predicted octanol–water partition coefficient (Wildman–Crippen LogP) is 9.49. The summed E-state index contributed by atoms with van der Waals surface area (Å²) in [5.41, 5.74) is 7.86. The Morgan fingerprint density at radius 3 is 2.06 bits per heavy atom. The van der Waals surface area contributed by atoms with Crippen LogP contribution in [0.15, 0.2) is 152 Å². The van der Waals surface area contributed by atoms with E-state index in [1.165, 1.54) is 5.19 Å². The van der Waals surface area contributed by atoms with Gasteiger partial charge < -0.3 is 19.5 Å². The van der Waals surface area contributed by atoms with Gasteiger partial charge in [0.15, 0.2) is 5.60 Å². The number of anilines is 5. The molecule has 5 heterocycles. The van der Waals surface area contributed by atoms with E-state index in [9.17, 15) is 14.7 Å². The minimum atomic E-state index is -2.55. The Morgan fingerprint density at radius 2 is 1.39 bits per heavy atom. The number of rotatable bonds is 13. The summed E-state index contributed by atoms with van der Waals surface area (Å²) in [6.45, 7) is 7.51. The van der Waals surface area contributed by atoms with E-state index in [-0.39, 0.29) is 48.3 Å². The number of aromatic nitrogens is 3. The number of aliphatic hydroxyl groups is 1. The normalized spacial score (nSPS) is 21.1. The van der Waals surface area contributed by atoms with Crippen LogP contribution in [0.3, 0.4) is 0 Å². The predicted molar refractivity (Wildman–Crippen MR) is 277 cm³/mol. The molecule has 71 heavy (non-hydrogen) atoms. The number of methoxy groups -OCH3 is 1. The van der Waals surface area contributed by atoms with Gasteiger partial charge in [0.25, 0.3) is 5.91 Å². The molecule has 0 bridgehead atoms. The highest BCUT2D eigenvalue weighted by Crippen LogP contribution is 2.61. The van der Waals surface area contributed by atoms with Crippen LogP contribution in [0.25, 0.3) is 0 Å². The average molecular weight is 963 g/mol. The second-order valence-corrected chi connectivity index (χ2v) is 24.7. The second-order valence-electron chi connectivity index (χ2n) is 20.0. The van der Waals surface area contributed by atoms with Gasteiger partial charge in [-0.1, -0.05) is 121 Å². The van der Waals surface area contributed by atoms with E-state index in [0.29, 0.717) is 50.0 Å². The van der Waals surface area contributed by atoms with Crippen molar-refractivity contribution in [1.29, 1.82) is 0 Å². The molecule has 1 saturated heterocycles. The summed E-state index contributed by atoms with van der Waals surface area (Å²) < 4.78 is 15.1. The molecule has 3 amide bonds. The SMILES string of the molecule is COc1ccc([Si](C)(C)[C@@H]2[C@@H](CCn3cc(C(CO)c4ccccc4)nn3)O[C@]3(C(=O)N(Cc4cccc(N5C(=O)CCc6ccccc65)c4)c4ccc(N5C(=O)CCc6ccccc65)cc43)[C@H]2C)cc1. The van der Waals surface area contributed by atoms with Gasteiger partial charge >= 0.3 is 0 Å². The second kappa shape index (κ2) is 18.5. The zero-order valence-corrected chi connectivity index (χ0v) is 41.6. The molecule has 1 unspecified atom stereocenters. The van der Waals surface area contributed by atoms with Crippen molar-refractivity contribution >= 4 is 59.4 Å². The number of aryl methyl sites for hydroxylation is 3. The summed E-state index contributed by atoms with van der Waals surface area (Å²) >= 11 is 0. The summed E-state index contributed by atoms with van der Waals surface area (Å²) in [6.07, 6.45) is 4.19. The molecule has 0 saturated carbocycles. The molecule has 1 aromatic heterocycles. The van der Waals surface area contributed by atoms with E-state index < -0.39 is 19.8 Å². The largest absolute Gasteiger partial charge is 0.497 e. The monoisotopic (exact) mass is 962 g/mol. The molecule has 13 heteroatoms. The Kier molecular flexibility index (Phi) is 12.1. The molecule has 360 valence electrons. The van der Waals surface area contributed by atoms with Crippen LogP contribution < -0.4 is 24.6 Å². The molecule has 7 aromatic rings. The highest BCUT2D eigenvalue weighted by Gasteiger charge is 2.66. The van der Waals surface area contributed by atoms with Crippen molar-refractivity contribution < 1.29 is 29.0 Å². The van der Waals surface area contributed by atoms with Crippen LogP contribution in [0.1, 0.15) is 65.6 Å². The third kappa shape index (κ3) is 7.96. The highest BCUT2D eigenvalue weighted by atomic mass is 28.3. The Bertz CT molecular complexity index is 3160. The van der Waals surface area contributed by atoms with Crippen molar-refractivity contribution in [2.45, 2.75) is 88.4 Å². The molecule has 0 aliphatic carbocycles. The van der Waals surface area contributed by atoms with Crippen LogP contribution in [-0.2, 0) is 50.7 Å². The number of carbonyl (C=O) groups excluding carboxylic acids is 3. The topological polar surface area (TPSA) is 130 Å². The van der Waals surface area contributed by atoms with Gasteiger partial charge in [0.1, 0.15) is 5.75 Å². The van der Waals surface area contributed by atoms with E-state index in [1.807, 2.05) is 137 Å². The minimum absolute atomic E-state index is 0.00313. The molecule has 11 rings (SSSR count). The molecule has 1 spiro atoms. The van der Waals surface area contributed by atoms with Crippen molar-refractivity contribution in [1.82, 2.24) is 15.0 Å². The van der Waals surface area contributed by atoms with Gasteiger partial charge in [-0.2, -0.15) is 0 Å². The quantitative estimate of drug-likeness (QED) is 0.113. The molecule has 0 radical (unpaired) electrons. The Balaban J connectivity index is 1.01. The summed E-state index contributed by atoms with van der Waals surface area (Å²) in [7, 11) is -0.877. The van der Waals surface area contributed by atoms with Crippen molar-refractivity contribution in [3.63, 3.8) is 0 Å². The molecule has 6 aromatic carbocycles. The standard InChI is InChI=1S/C58H58N6O6Si/c1-38-56(71(3,4)46-26-24-45(69-2)25-27-46)53(31-32-61-36-49(59-60-61)47(37-65)40-14-6-5-7-15-40)70-58(38)48-34-44(64-51-20-11-9-17-42(51)22-30-55(64)67)23-28-52(48)62(57(58)68)35-39-13-12-18-43(33-39)63-50-19-10-8-16-41(50)21-29-54(63)66/h5-20,23-28,33-34,36,38,47,53,56,65H,21-22,29-32,35,37H2,1-4H3/t38-,47?,53+,56-,58+/m0/s1. The third-order valence-electron chi connectivity index (χ3n) is 15.7. The number of nitrogens with zero attached hydrogens (tertiary/aromatic N) is 6. The number of aliphatic hydroxyl groups excluding tert-OH is 1. The lowest BCUT2D eigenvalue weighted by Crippen LogP contribution is -2.51. The first-order chi connectivity index (χ1) is 34.5. The molecule has 5 atom stereocenters. The number of fused-ring (bicyclic) bond motifs is 4. The van der Waals surface area contributed by atoms with Crippen LogP contribution in [0, 0.1) is 5.92 Å². The maximum absolute atomic E-state index is 16.1. The first kappa shape index (κ1) is 46.2. The molecule has 1 N–H and O–H groups in total. The third-order valence-corrected chi connectivity index (χ3v) is 20.1. The van der Waals surface area contributed by atoms with Crippen molar-refractivity contribution in [2.24, 2.45) is 5.92 Å². The molecular formula is C58H58N6O6Si. The van der Waals surface area contributed by atoms with Crippen molar-refractivity contribution in [3.8, 4) is 5.75 Å². The molecule has 12 nitrogen and oxygen atoms in total. The fourth-order valence-corrected chi connectivity index (χ4v) is 16.2. The number of para-hydroxylation sites is 2. The van der Waals surface area contributed by atoms with E-state index in [1.54, 1.807) is 16.9 Å². The lowest BCUT2D eigenvalue weighted by Gasteiger charge is -2.37. The van der Waals surface area contributed by atoms with Gasteiger partial charge in [0.05, 0.1) is 63.1 Å². The van der Waals surface area contributed by atoms with Gasteiger partial charge in [-0.15, -0.1) is 5.10 Å². The maximum Gasteiger partial charge on any atom is 0.264 e. The van der Waals surface area contributed by atoms with Gasteiger partial charge in [0, 0.05) is 48.4 Å². The summed E-state index contributed by atoms with van der Waals surface area (Å²) in [4.78, 5) is 49.2. The smallest absolute Gasteiger partial charge is 0.264 e.